The largest absolute Gasteiger partial charge is 0.465 e. The molecule has 0 aliphatic carbocycles. The molecule has 0 heterocycles. The second-order valence-electron chi connectivity index (χ2n) is 4.07. The smallest absolute Gasteiger partial charge is 0.325 e. The van der Waals surface area contributed by atoms with Gasteiger partial charge in [0.25, 0.3) is 0 Å². The van der Waals surface area contributed by atoms with Crippen molar-refractivity contribution in [3.63, 3.8) is 0 Å². The number of nitrogens with two attached hydrogens (primary N) is 1. The first kappa shape index (κ1) is 12.4. The van der Waals surface area contributed by atoms with E-state index in [1.807, 2.05) is 0 Å². The first-order valence-corrected chi connectivity index (χ1v) is 4.86. The number of rotatable bonds is 5. The molecule has 0 rings (SSSR count). The Bertz CT molecular complexity index is 164. The number of carbonyl (C=O) groups is 1. The Morgan fingerprint density at radius 2 is 2.08 bits per heavy atom. The fraction of sp³-hybridized carbons (Fsp3) is 0.900. The van der Waals surface area contributed by atoms with Gasteiger partial charge in [-0.2, -0.15) is 0 Å². The maximum absolute atomic E-state index is 11.3. The molecular formula is C10H21NO2. The van der Waals surface area contributed by atoms with Gasteiger partial charge in [0.15, 0.2) is 0 Å². The molecule has 0 radical (unpaired) electrons. The van der Waals surface area contributed by atoms with Gasteiger partial charge in [-0.15, -0.1) is 0 Å². The van der Waals surface area contributed by atoms with Gasteiger partial charge in [0, 0.05) is 0 Å². The van der Waals surface area contributed by atoms with Gasteiger partial charge in [0.2, 0.25) is 0 Å². The number of hydrogen-bond donors (Lipinski definition) is 1. The molecule has 78 valence electrons. The summed E-state index contributed by atoms with van der Waals surface area (Å²) in [6.07, 6.45) is 1.63. The zero-order valence-electron chi connectivity index (χ0n) is 9.09. The highest BCUT2D eigenvalue weighted by molar-refractivity contribution is 5.79. The molecule has 2 N–H and O–H groups in total. The first-order valence-electron chi connectivity index (χ1n) is 4.86. The van der Waals surface area contributed by atoms with E-state index >= 15 is 0 Å². The van der Waals surface area contributed by atoms with Crippen LogP contribution in [0.25, 0.3) is 0 Å². The molecule has 13 heavy (non-hydrogen) atoms. The van der Waals surface area contributed by atoms with Crippen molar-refractivity contribution in [2.45, 2.75) is 46.1 Å². The number of ether oxygens (including phenoxy) is 1. The second-order valence-corrected chi connectivity index (χ2v) is 4.07. The van der Waals surface area contributed by atoms with Gasteiger partial charge in [-0.05, 0) is 32.6 Å². The van der Waals surface area contributed by atoms with Gasteiger partial charge in [0.05, 0.1) is 6.61 Å². The molecule has 0 saturated heterocycles. The molecule has 1 unspecified atom stereocenters. The van der Waals surface area contributed by atoms with Gasteiger partial charge in [-0.25, -0.2) is 0 Å². The minimum Gasteiger partial charge on any atom is -0.465 e. The molecule has 0 aromatic heterocycles. The van der Waals surface area contributed by atoms with Crippen LogP contribution in [-0.2, 0) is 9.53 Å². The quantitative estimate of drug-likeness (QED) is 0.666. The predicted octanol–water partition coefficient (Wildman–Crippen LogP) is 1.70. The van der Waals surface area contributed by atoms with Gasteiger partial charge in [0.1, 0.15) is 5.54 Å². The van der Waals surface area contributed by atoms with E-state index in [0.29, 0.717) is 18.9 Å². The lowest BCUT2D eigenvalue weighted by molar-refractivity contribution is -0.149. The lowest BCUT2D eigenvalue weighted by atomic mass is 9.93. The van der Waals surface area contributed by atoms with Crippen molar-refractivity contribution in [1.82, 2.24) is 0 Å². The third kappa shape index (κ3) is 4.88. The van der Waals surface area contributed by atoms with Crippen molar-refractivity contribution < 1.29 is 9.53 Å². The lowest BCUT2D eigenvalue weighted by Gasteiger charge is -2.22. The molecule has 0 saturated carbocycles. The molecule has 1 atom stereocenters. The molecular weight excluding hydrogens is 166 g/mol. The van der Waals surface area contributed by atoms with Crippen LogP contribution in [0.4, 0.5) is 0 Å². The molecule has 0 fully saturated rings. The third-order valence-electron chi connectivity index (χ3n) is 1.98. The molecule has 0 spiro atoms. The fourth-order valence-electron chi connectivity index (χ4n) is 0.987. The molecule has 0 aromatic carbocycles. The topological polar surface area (TPSA) is 52.3 Å². The van der Waals surface area contributed by atoms with Crippen LogP contribution < -0.4 is 5.73 Å². The average molecular weight is 187 g/mol. The maximum atomic E-state index is 11.3. The van der Waals surface area contributed by atoms with Crippen LogP contribution in [0.3, 0.4) is 0 Å². The number of esters is 1. The monoisotopic (exact) mass is 187 g/mol. The van der Waals surface area contributed by atoms with Crippen LogP contribution in [0, 0.1) is 5.92 Å². The van der Waals surface area contributed by atoms with E-state index in [0.717, 1.165) is 6.42 Å². The fourth-order valence-corrected chi connectivity index (χ4v) is 0.987. The SMILES string of the molecule is CCOC(=O)C(C)(N)CCC(C)C. The molecule has 0 aliphatic heterocycles. The summed E-state index contributed by atoms with van der Waals surface area (Å²) in [5.74, 6) is 0.271. The molecule has 0 bridgehead atoms. The lowest BCUT2D eigenvalue weighted by Crippen LogP contribution is -2.46. The first-order chi connectivity index (χ1) is 5.90. The Hall–Kier alpha value is -0.570. The predicted molar refractivity (Wildman–Crippen MR) is 53.3 cm³/mol. The van der Waals surface area contributed by atoms with Crippen molar-refractivity contribution >= 4 is 5.97 Å². The highest BCUT2D eigenvalue weighted by atomic mass is 16.5. The minimum atomic E-state index is -0.819. The van der Waals surface area contributed by atoms with Crippen LogP contribution >= 0.6 is 0 Å². The standard InChI is InChI=1S/C10H21NO2/c1-5-13-9(12)10(4,11)7-6-8(2)3/h8H,5-7,11H2,1-4H3. The van der Waals surface area contributed by atoms with Crippen LogP contribution in [0.5, 0.6) is 0 Å². The van der Waals surface area contributed by atoms with E-state index in [1.165, 1.54) is 0 Å². The zero-order chi connectivity index (χ0) is 10.5. The average Bonchev–Trinajstić information content (AvgIpc) is 2.01. The normalized spacial score (nSPS) is 15.5. The highest BCUT2D eigenvalue weighted by Gasteiger charge is 2.29. The summed E-state index contributed by atoms with van der Waals surface area (Å²) in [5.41, 5.74) is 5.00. The van der Waals surface area contributed by atoms with Gasteiger partial charge in [-0.1, -0.05) is 13.8 Å². The van der Waals surface area contributed by atoms with E-state index in [4.69, 9.17) is 10.5 Å². The van der Waals surface area contributed by atoms with Crippen molar-refractivity contribution in [2.75, 3.05) is 6.61 Å². The molecule has 0 aromatic rings. The summed E-state index contributed by atoms with van der Waals surface area (Å²) in [7, 11) is 0. The Balaban J connectivity index is 3.98. The van der Waals surface area contributed by atoms with E-state index in [2.05, 4.69) is 13.8 Å². The van der Waals surface area contributed by atoms with E-state index in [9.17, 15) is 4.79 Å². The third-order valence-corrected chi connectivity index (χ3v) is 1.98. The van der Waals surface area contributed by atoms with Crippen molar-refractivity contribution in [1.29, 1.82) is 0 Å². The number of hydrogen-bond acceptors (Lipinski definition) is 3. The maximum Gasteiger partial charge on any atom is 0.325 e. The summed E-state index contributed by atoms with van der Waals surface area (Å²) in [4.78, 5) is 11.3. The van der Waals surface area contributed by atoms with Gasteiger partial charge < -0.3 is 10.5 Å². The van der Waals surface area contributed by atoms with E-state index in [1.54, 1.807) is 13.8 Å². The Labute approximate surface area is 80.6 Å². The Morgan fingerprint density at radius 1 is 1.54 bits per heavy atom. The summed E-state index contributed by atoms with van der Waals surface area (Å²) < 4.78 is 4.88. The van der Waals surface area contributed by atoms with Crippen LogP contribution in [-0.4, -0.2) is 18.1 Å². The van der Waals surface area contributed by atoms with Gasteiger partial charge in [-0.3, -0.25) is 4.79 Å². The Morgan fingerprint density at radius 3 is 2.46 bits per heavy atom. The highest BCUT2D eigenvalue weighted by Crippen LogP contribution is 2.15. The summed E-state index contributed by atoms with van der Waals surface area (Å²) in [6.45, 7) is 8.14. The zero-order valence-corrected chi connectivity index (χ0v) is 9.09. The van der Waals surface area contributed by atoms with Crippen molar-refractivity contribution in [3.8, 4) is 0 Å². The minimum absolute atomic E-state index is 0.296. The van der Waals surface area contributed by atoms with E-state index in [-0.39, 0.29) is 5.97 Å². The van der Waals surface area contributed by atoms with E-state index < -0.39 is 5.54 Å². The molecule has 0 aliphatic rings. The van der Waals surface area contributed by atoms with Crippen LogP contribution in [0.1, 0.15) is 40.5 Å². The number of carbonyl (C=O) groups excluding carboxylic acids is 1. The summed E-state index contributed by atoms with van der Waals surface area (Å²) >= 11 is 0. The molecule has 3 heteroatoms. The van der Waals surface area contributed by atoms with Crippen molar-refractivity contribution in [3.05, 3.63) is 0 Å². The Kier molecular flexibility index (Phi) is 4.99. The summed E-state index contributed by atoms with van der Waals surface area (Å²) in [5, 5.41) is 0. The summed E-state index contributed by atoms with van der Waals surface area (Å²) in [6, 6.07) is 0. The van der Waals surface area contributed by atoms with Crippen LogP contribution in [0.2, 0.25) is 0 Å². The van der Waals surface area contributed by atoms with Gasteiger partial charge >= 0.3 is 5.97 Å². The second kappa shape index (κ2) is 5.22. The molecule has 3 nitrogen and oxygen atoms in total. The van der Waals surface area contributed by atoms with Crippen molar-refractivity contribution in [2.24, 2.45) is 11.7 Å². The molecule has 0 amide bonds. The van der Waals surface area contributed by atoms with Crippen LogP contribution in [0.15, 0.2) is 0 Å².